The van der Waals surface area contributed by atoms with Crippen LogP contribution in [0.5, 0.6) is 0 Å². The van der Waals surface area contributed by atoms with E-state index in [-0.39, 0.29) is 0 Å². The van der Waals surface area contributed by atoms with E-state index in [1.54, 1.807) is 0 Å². The molecule has 13 heavy (non-hydrogen) atoms. The Hall–Kier alpha value is 0.210. The highest BCUT2D eigenvalue weighted by atomic mass is 35.5. The van der Waals surface area contributed by atoms with E-state index in [9.17, 15) is 0 Å². The van der Waals surface area contributed by atoms with Crippen molar-refractivity contribution < 1.29 is 0 Å². The second kappa shape index (κ2) is 7.60. The summed E-state index contributed by atoms with van der Waals surface area (Å²) in [6.07, 6.45) is 1.22. The van der Waals surface area contributed by atoms with Crippen LogP contribution in [0.2, 0.25) is 0 Å². The van der Waals surface area contributed by atoms with Gasteiger partial charge in [-0.1, -0.05) is 0 Å². The fraction of sp³-hybridized carbons (Fsp3) is 1.00. The SMILES string of the molecule is CC(C)N(CCCl)CCCN(C)C. The molecule has 0 aliphatic carbocycles. The van der Waals surface area contributed by atoms with E-state index in [1.165, 1.54) is 6.42 Å². The van der Waals surface area contributed by atoms with E-state index in [2.05, 4.69) is 37.7 Å². The van der Waals surface area contributed by atoms with Gasteiger partial charge in [-0.25, -0.2) is 0 Å². The van der Waals surface area contributed by atoms with Crippen molar-refractivity contribution in [2.75, 3.05) is 39.6 Å². The Balaban J connectivity index is 3.57. The van der Waals surface area contributed by atoms with E-state index < -0.39 is 0 Å². The molecule has 0 spiro atoms. The third kappa shape index (κ3) is 7.29. The molecular formula is C10H23ClN2. The van der Waals surface area contributed by atoms with Gasteiger partial charge in [-0.2, -0.15) is 0 Å². The van der Waals surface area contributed by atoms with Crippen LogP contribution in [0.3, 0.4) is 0 Å². The van der Waals surface area contributed by atoms with E-state index in [0.717, 1.165) is 25.5 Å². The summed E-state index contributed by atoms with van der Waals surface area (Å²) in [7, 11) is 4.22. The molecule has 0 bridgehead atoms. The predicted octanol–water partition coefficient (Wildman–Crippen LogP) is 1.89. The molecule has 0 radical (unpaired) electrons. The molecule has 0 amide bonds. The molecule has 0 unspecified atom stereocenters. The molecule has 0 N–H and O–H groups in total. The Morgan fingerprint density at radius 3 is 2.08 bits per heavy atom. The first kappa shape index (κ1) is 13.2. The molecule has 3 heteroatoms. The van der Waals surface area contributed by atoms with Crippen molar-refractivity contribution in [3.63, 3.8) is 0 Å². The van der Waals surface area contributed by atoms with Gasteiger partial charge in [0.25, 0.3) is 0 Å². The largest absolute Gasteiger partial charge is 0.309 e. The average Bonchev–Trinajstić information content (AvgIpc) is 2.02. The molecule has 0 aliphatic rings. The number of hydrogen-bond donors (Lipinski definition) is 0. The Morgan fingerprint density at radius 2 is 1.69 bits per heavy atom. The smallest absolute Gasteiger partial charge is 0.0351 e. The normalized spacial score (nSPS) is 12.0. The summed E-state index contributed by atoms with van der Waals surface area (Å²) in [4.78, 5) is 4.65. The summed E-state index contributed by atoms with van der Waals surface area (Å²) >= 11 is 5.73. The first-order valence-electron chi connectivity index (χ1n) is 5.02. The number of rotatable bonds is 7. The zero-order chi connectivity index (χ0) is 10.3. The summed E-state index contributed by atoms with van der Waals surface area (Å²) < 4.78 is 0. The molecule has 0 saturated heterocycles. The molecule has 0 aliphatic heterocycles. The second-order valence-electron chi connectivity index (χ2n) is 3.98. The molecule has 0 saturated carbocycles. The number of hydrogen-bond acceptors (Lipinski definition) is 2. The predicted molar refractivity (Wildman–Crippen MR) is 60.6 cm³/mol. The Labute approximate surface area is 87.8 Å². The highest BCUT2D eigenvalue weighted by molar-refractivity contribution is 6.18. The lowest BCUT2D eigenvalue weighted by Crippen LogP contribution is -2.34. The Bertz CT molecular complexity index is 115. The molecular weight excluding hydrogens is 184 g/mol. The van der Waals surface area contributed by atoms with Gasteiger partial charge in [0, 0.05) is 18.5 Å². The number of alkyl halides is 1. The molecule has 0 heterocycles. The monoisotopic (exact) mass is 206 g/mol. The first-order chi connectivity index (χ1) is 6.07. The minimum Gasteiger partial charge on any atom is -0.309 e. The van der Waals surface area contributed by atoms with Gasteiger partial charge in [-0.15, -0.1) is 11.6 Å². The van der Waals surface area contributed by atoms with E-state index in [4.69, 9.17) is 11.6 Å². The molecule has 0 rings (SSSR count). The zero-order valence-corrected chi connectivity index (χ0v) is 10.1. The van der Waals surface area contributed by atoms with E-state index >= 15 is 0 Å². The minimum atomic E-state index is 0.612. The lowest BCUT2D eigenvalue weighted by Gasteiger charge is -2.25. The van der Waals surface area contributed by atoms with Gasteiger partial charge in [-0.3, -0.25) is 4.90 Å². The maximum atomic E-state index is 5.73. The lowest BCUT2D eigenvalue weighted by molar-refractivity contribution is 0.222. The van der Waals surface area contributed by atoms with Crippen molar-refractivity contribution in [3.8, 4) is 0 Å². The van der Waals surface area contributed by atoms with Crippen molar-refractivity contribution in [3.05, 3.63) is 0 Å². The summed E-state index contributed by atoms with van der Waals surface area (Å²) in [5, 5.41) is 0. The Morgan fingerprint density at radius 1 is 1.08 bits per heavy atom. The fourth-order valence-electron chi connectivity index (χ4n) is 1.33. The third-order valence-electron chi connectivity index (χ3n) is 2.15. The van der Waals surface area contributed by atoms with E-state index in [0.29, 0.717) is 6.04 Å². The van der Waals surface area contributed by atoms with Crippen molar-refractivity contribution >= 4 is 11.6 Å². The van der Waals surface area contributed by atoms with Crippen LogP contribution in [0, 0.1) is 0 Å². The van der Waals surface area contributed by atoms with Gasteiger partial charge in [0.1, 0.15) is 0 Å². The zero-order valence-electron chi connectivity index (χ0n) is 9.39. The van der Waals surface area contributed by atoms with Crippen LogP contribution < -0.4 is 0 Å². The topological polar surface area (TPSA) is 6.48 Å². The highest BCUT2D eigenvalue weighted by Crippen LogP contribution is 2.00. The van der Waals surface area contributed by atoms with Crippen LogP contribution >= 0.6 is 11.6 Å². The van der Waals surface area contributed by atoms with Gasteiger partial charge in [-0.05, 0) is 47.5 Å². The molecule has 0 atom stereocenters. The summed E-state index contributed by atoms with van der Waals surface area (Å²) in [6.45, 7) is 7.77. The summed E-state index contributed by atoms with van der Waals surface area (Å²) in [6, 6.07) is 0.612. The maximum Gasteiger partial charge on any atom is 0.0351 e. The van der Waals surface area contributed by atoms with Crippen LogP contribution in [0.4, 0.5) is 0 Å². The molecule has 0 aromatic heterocycles. The Kier molecular flexibility index (Phi) is 7.72. The van der Waals surface area contributed by atoms with Crippen molar-refractivity contribution in [2.24, 2.45) is 0 Å². The van der Waals surface area contributed by atoms with Gasteiger partial charge in [0.05, 0.1) is 0 Å². The molecule has 0 fully saturated rings. The maximum absolute atomic E-state index is 5.73. The number of nitrogens with zero attached hydrogens (tertiary/aromatic N) is 2. The van der Waals surface area contributed by atoms with Gasteiger partial charge < -0.3 is 4.90 Å². The summed E-state index contributed by atoms with van der Waals surface area (Å²) in [5.41, 5.74) is 0. The van der Waals surface area contributed by atoms with Gasteiger partial charge >= 0.3 is 0 Å². The fourth-order valence-corrected chi connectivity index (χ4v) is 1.54. The first-order valence-corrected chi connectivity index (χ1v) is 5.56. The van der Waals surface area contributed by atoms with E-state index in [1.807, 2.05) is 0 Å². The molecule has 80 valence electrons. The number of halogens is 1. The average molecular weight is 207 g/mol. The van der Waals surface area contributed by atoms with Crippen molar-refractivity contribution in [2.45, 2.75) is 26.3 Å². The third-order valence-corrected chi connectivity index (χ3v) is 2.32. The van der Waals surface area contributed by atoms with Crippen molar-refractivity contribution in [1.82, 2.24) is 9.80 Å². The lowest BCUT2D eigenvalue weighted by atomic mass is 10.3. The van der Waals surface area contributed by atoms with Crippen LogP contribution in [0.15, 0.2) is 0 Å². The van der Waals surface area contributed by atoms with Crippen LogP contribution in [0.25, 0.3) is 0 Å². The standard InChI is InChI=1S/C10H23ClN2/c1-10(2)13(9-6-11)8-5-7-12(3)4/h10H,5-9H2,1-4H3. The van der Waals surface area contributed by atoms with Crippen LogP contribution in [-0.2, 0) is 0 Å². The molecule has 0 aromatic carbocycles. The van der Waals surface area contributed by atoms with Crippen LogP contribution in [0.1, 0.15) is 20.3 Å². The van der Waals surface area contributed by atoms with Crippen molar-refractivity contribution in [1.29, 1.82) is 0 Å². The quantitative estimate of drug-likeness (QED) is 0.587. The molecule has 2 nitrogen and oxygen atoms in total. The summed E-state index contributed by atoms with van der Waals surface area (Å²) in [5.74, 6) is 0.736. The van der Waals surface area contributed by atoms with Gasteiger partial charge in [0.15, 0.2) is 0 Å². The second-order valence-corrected chi connectivity index (χ2v) is 4.35. The minimum absolute atomic E-state index is 0.612. The van der Waals surface area contributed by atoms with Crippen LogP contribution in [-0.4, -0.2) is 55.5 Å². The van der Waals surface area contributed by atoms with Gasteiger partial charge in [0.2, 0.25) is 0 Å². The highest BCUT2D eigenvalue weighted by Gasteiger charge is 2.07. The molecule has 0 aromatic rings.